The first-order valence-corrected chi connectivity index (χ1v) is 15.3. The average molecular weight is 597 g/mol. The molecule has 4 aliphatic rings. The fraction of sp³-hybridized carbons (Fsp3) is 0.229. The van der Waals surface area contributed by atoms with Gasteiger partial charge in [-0.3, -0.25) is 4.79 Å². The molecule has 0 fully saturated rings. The number of nitrogens with one attached hydrogen (secondary N) is 3. The molecule has 0 aliphatic carbocycles. The molecule has 1 unspecified atom stereocenters. The Morgan fingerprint density at radius 3 is 2.76 bits per heavy atom. The van der Waals surface area contributed by atoms with Crippen molar-refractivity contribution in [2.75, 3.05) is 5.32 Å². The third-order valence-corrected chi connectivity index (χ3v) is 9.87. The zero-order valence-electron chi connectivity index (χ0n) is 24.5. The van der Waals surface area contributed by atoms with Gasteiger partial charge in [0.2, 0.25) is 17.7 Å². The summed E-state index contributed by atoms with van der Waals surface area (Å²) in [5.41, 5.74) is 13.8. The van der Waals surface area contributed by atoms with E-state index in [1.54, 1.807) is 6.20 Å². The molecular weight excluding hydrogens is 568 g/mol. The number of nitrogens with zero attached hydrogens (tertiary/aromatic N) is 2. The predicted octanol–water partition coefficient (Wildman–Crippen LogP) is 5.63. The predicted molar refractivity (Wildman–Crippen MR) is 166 cm³/mol. The molecule has 4 atom stereocenters. The standard InChI is InChI=1S/C35H28N6O4/c1-15(2)27-33-40-29-30(45-33)35-20-7-3-6-18(17-5-4-8-23-26(17)19(13-37-23)25-14-38-32(29)43-25)28(20)41-34(35)44-24-10-9-16(11-21(24)35)12-22(36)31(42)39-27/h3-11,13-15,22,27,34,37,41H,12,36H2,1-2H3,(H,39,42)/t22-,27-,34?,35-/m0/s1. The van der Waals surface area contributed by atoms with Crippen LogP contribution in [0, 0.1) is 5.92 Å². The molecule has 0 saturated carbocycles. The number of aromatic amines is 1. The van der Waals surface area contributed by atoms with Crippen LogP contribution in [0.1, 0.15) is 48.2 Å². The highest BCUT2D eigenvalue weighted by Gasteiger charge is 2.61. The Bertz CT molecular complexity index is 2240. The minimum atomic E-state index is -0.950. The zero-order valence-corrected chi connectivity index (χ0v) is 24.5. The van der Waals surface area contributed by atoms with E-state index < -0.39 is 23.7 Å². The molecule has 0 saturated heterocycles. The monoisotopic (exact) mass is 596 g/mol. The first-order valence-electron chi connectivity index (χ1n) is 15.3. The first kappa shape index (κ1) is 25.0. The maximum absolute atomic E-state index is 13.4. The fourth-order valence-electron chi connectivity index (χ4n) is 7.77. The summed E-state index contributed by atoms with van der Waals surface area (Å²) in [6.45, 7) is 4.04. The quantitative estimate of drug-likeness (QED) is 0.191. The lowest BCUT2D eigenvalue weighted by atomic mass is 9.72. The number of amides is 1. The van der Waals surface area contributed by atoms with E-state index >= 15 is 0 Å². The van der Waals surface area contributed by atoms with Crippen LogP contribution in [-0.2, 0) is 16.6 Å². The maximum Gasteiger partial charge on any atom is 0.249 e. The van der Waals surface area contributed by atoms with E-state index in [2.05, 4.69) is 58.1 Å². The Balaban J connectivity index is 1.39. The fourth-order valence-corrected chi connectivity index (χ4v) is 7.77. The zero-order chi connectivity index (χ0) is 30.2. The van der Waals surface area contributed by atoms with Crippen molar-refractivity contribution in [1.29, 1.82) is 0 Å². The largest absolute Gasteiger partial charge is 0.469 e. The van der Waals surface area contributed by atoms with Crippen LogP contribution in [0.4, 0.5) is 5.69 Å². The van der Waals surface area contributed by atoms with Crippen LogP contribution in [0.25, 0.3) is 44.9 Å². The van der Waals surface area contributed by atoms with Gasteiger partial charge < -0.3 is 34.9 Å². The molecular formula is C35H28N6O4. The lowest BCUT2D eigenvalue weighted by molar-refractivity contribution is -0.123. The van der Waals surface area contributed by atoms with Crippen molar-refractivity contribution in [2.24, 2.45) is 11.7 Å². The number of nitrogens with two attached hydrogens (primary N) is 1. The topological polar surface area (TPSA) is 144 Å². The summed E-state index contributed by atoms with van der Waals surface area (Å²) in [7, 11) is 0. The average Bonchev–Trinajstić information content (AvgIpc) is 3.84. The molecule has 0 radical (unpaired) electrons. The molecule has 45 heavy (non-hydrogen) atoms. The Morgan fingerprint density at radius 2 is 1.87 bits per heavy atom. The Morgan fingerprint density at radius 1 is 1.00 bits per heavy atom. The number of hydrogen-bond donors (Lipinski definition) is 4. The van der Waals surface area contributed by atoms with E-state index in [0.29, 0.717) is 35.4 Å². The van der Waals surface area contributed by atoms with Crippen molar-refractivity contribution >= 4 is 22.5 Å². The van der Waals surface area contributed by atoms with Crippen molar-refractivity contribution in [2.45, 2.75) is 44.0 Å². The van der Waals surface area contributed by atoms with E-state index in [0.717, 1.165) is 55.7 Å². The number of rotatable bonds is 1. The summed E-state index contributed by atoms with van der Waals surface area (Å²) in [5.74, 6) is 2.25. The molecule has 4 aliphatic heterocycles. The third kappa shape index (κ3) is 3.09. The van der Waals surface area contributed by atoms with E-state index in [-0.39, 0.29) is 11.8 Å². The number of fused-ring (bicyclic) bond motifs is 7. The highest BCUT2D eigenvalue weighted by atomic mass is 16.5. The summed E-state index contributed by atoms with van der Waals surface area (Å²) in [6.07, 6.45) is 3.51. The number of anilines is 1. The van der Waals surface area contributed by atoms with E-state index in [1.165, 1.54) is 0 Å². The highest BCUT2D eigenvalue weighted by molar-refractivity contribution is 6.07. The van der Waals surface area contributed by atoms with Gasteiger partial charge in [-0.05, 0) is 35.6 Å². The summed E-state index contributed by atoms with van der Waals surface area (Å²) in [4.78, 5) is 26.7. The van der Waals surface area contributed by atoms with E-state index in [1.807, 2.05) is 32.2 Å². The van der Waals surface area contributed by atoms with Crippen LogP contribution < -0.4 is 21.1 Å². The summed E-state index contributed by atoms with van der Waals surface area (Å²) < 4.78 is 20.2. The molecule has 1 spiro atoms. The number of oxazole rings is 2. The minimum Gasteiger partial charge on any atom is -0.469 e. The smallest absolute Gasteiger partial charge is 0.249 e. The Hall–Kier alpha value is -5.35. The lowest BCUT2D eigenvalue weighted by Crippen LogP contribution is -2.45. The number of hydrogen-bond acceptors (Lipinski definition) is 8. The molecule has 10 rings (SSSR count). The summed E-state index contributed by atoms with van der Waals surface area (Å²) in [6, 6.07) is 17.3. The molecule has 1 amide bonds. The van der Waals surface area contributed by atoms with Gasteiger partial charge in [0.15, 0.2) is 23.4 Å². The van der Waals surface area contributed by atoms with Gasteiger partial charge in [-0.2, -0.15) is 0 Å². The first-order chi connectivity index (χ1) is 21.9. The van der Waals surface area contributed by atoms with Gasteiger partial charge in [0.1, 0.15) is 17.2 Å². The summed E-state index contributed by atoms with van der Waals surface area (Å²) >= 11 is 0. The molecule has 3 aromatic carbocycles. The van der Waals surface area contributed by atoms with Crippen LogP contribution in [-0.4, -0.2) is 33.1 Å². The Kier molecular flexibility index (Phi) is 4.68. The van der Waals surface area contributed by atoms with Gasteiger partial charge >= 0.3 is 0 Å². The normalized spacial score (nSPS) is 23.6. The molecule has 7 heterocycles. The number of aromatic nitrogens is 3. The number of para-hydroxylation sites is 1. The van der Waals surface area contributed by atoms with Crippen molar-refractivity contribution in [3.63, 3.8) is 0 Å². The van der Waals surface area contributed by atoms with Crippen molar-refractivity contribution in [3.05, 3.63) is 95.3 Å². The molecule has 10 heteroatoms. The number of ether oxygens (including phenoxy) is 1. The van der Waals surface area contributed by atoms with Gasteiger partial charge in [-0.25, -0.2) is 9.97 Å². The van der Waals surface area contributed by atoms with E-state index in [9.17, 15) is 4.79 Å². The second-order valence-electron chi connectivity index (χ2n) is 12.7. The van der Waals surface area contributed by atoms with Crippen LogP contribution in [0.5, 0.6) is 5.75 Å². The second kappa shape index (κ2) is 8.42. The van der Waals surface area contributed by atoms with Gasteiger partial charge in [0, 0.05) is 45.0 Å². The molecule has 3 aromatic heterocycles. The van der Waals surface area contributed by atoms with Crippen molar-refractivity contribution in [1.82, 2.24) is 20.3 Å². The van der Waals surface area contributed by atoms with Gasteiger partial charge in [-0.1, -0.05) is 56.3 Å². The van der Waals surface area contributed by atoms with Crippen molar-refractivity contribution < 1.29 is 18.4 Å². The lowest BCUT2D eigenvalue weighted by Gasteiger charge is -2.28. The number of H-pyrrole nitrogens is 1. The van der Waals surface area contributed by atoms with Gasteiger partial charge in [0.05, 0.1) is 12.2 Å². The number of carbonyl (C=O) groups excluding carboxylic acids is 1. The van der Waals surface area contributed by atoms with Crippen LogP contribution >= 0.6 is 0 Å². The van der Waals surface area contributed by atoms with E-state index in [4.69, 9.17) is 29.3 Å². The van der Waals surface area contributed by atoms with Crippen LogP contribution in [0.15, 0.2) is 75.8 Å². The maximum atomic E-state index is 13.4. The van der Waals surface area contributed by atoms with Crippen molar-refractivity contribution in [3.8, 4) is 39.8 Å². The Labute approximate surface area is 257 Å². The molecule has 10 bridgehead atoms. The number of carbonyl (C=O) groups is 1. The third-order valence-electron chi connectivity index (χ3n) is 9.87. The molecule has 10 nitrogen and oxygen atoms in total. The van der Waals surface area contributed by atoms with Gasteiger partial charge in [-0.15, -0.1) is 0 Å². The van der Waals surface area contributed by atoms with Gasteiger partial charge in [0.25, 0.3) is 0 Å². The number of benzene rings is 3. The molecule has 5 N–H and O–H groups in total. The SMILES string of the molecule is CC(C)[C@@H]1NC(=O)[C@@H](N)Cc2ccc3c(c2)[C@]24c5cccc(c5NC2O3)-c2cccc3[nH]cc(c23)-c2cnc(o2)-c2nc1oc24. The van der Waals surface area contributed by atoms with Crippen LogP contribution in [0.2, 0.25) is 0 Å². The summed E-state index contributed by atoms with van der Waals surface area (Å²) in [5, 5.41) is 7.93. The molecule has 222 valence electrons. The second-order valence-corrected chi connectivity index (χ2v) is 12.7. The minimum absolute atomic E-state index is 0.0459. The highest BCUT2D eigenvalue weighted by Crippen LogP contribution is 2.61. The van der Waals surface area contributed by atoms with Crippen LogP contribution in [0.3, 0.4) is 0 Å². The molecule has 6 aromatic rings.